The minimum Gasteiger partial charge on any atom is -0.325 e. The summed E-state index contributed by atoms with van der Waals surface area (Å²) in [6, 6.07) is 0. The monoisotopic (exact) mass is 245 g/mol. The third-order valence-electron chi connectivity index (χ3n) is 0.939. The second-order valence-corrected chi connectivity index (χ2v) is 2.64. The normalized spacial score (nSPS) is 9.10. The van der Waals surface area contributed by atoms with Crippen LogP contribution < -0.4 is 5.73 Å². The molecule has 0 spiro atoms. The van der Waals surface area contributed by atoms with Crippen molar-refractivity contribution in [2.75, 3.05) is 0 Å². The molecule has 3 N–H and O–H groups in total. The second-order valence-electron chi connectivity index (χ2n) is 1.51. The van der Waals surface area contributed by atoms with Gasteiger partial charge in [-0.1, -0.05) is 11.6 Å². The number of nitrogens with zero attached hydrogens (tertiary/aromatic N) is 1. The number of nitrogens with two attached hydrogens (primary N) is 1. The van der Waals surface area contributed by atoms with Crippen LogP contribution in [0.4, 0.5) is 0 Å². The number of rotatable bonds is 1. The highest BCUT2D eigenvalue weighted by Crippen LogP contribution is 2.22. The molecule has 0 aromatic carbocycles. The maximum absolute atomic E-state index is 5.69. The van der Waals surface area contributed by atoms with E-state index in [1.807, 2.05) is 0 Å². The van der Waals surface area contributed by atoms with E-state index in [0.717, 1.165) is 5.69 Å². The number of nitrogens with one attached hydrogen (secondary N) is 1. The summed E-state index contributed by atoms with van der Waals surface area (Å²) in [5.41, 5.74) is 6.04. The van der Waals surface area contributed by atoms with Gasteiger partial charge in [0.15, 0.2) is 0 Å². The predicted molar refractivity (Wildman–Crippen MR) is 46.4 cm³/mol. The Bertz CT molecular complexity index is 212. The molecule has 0 saturated heterocycles. The predicted octanol–water partition coefficient (Wildman–Crippen LogP) is 1.71. The maximum atomic E-state index is 5.69. The molecule has 0 unspecified atom stereocenters. The smallest absolute Gasteiger partial charge is 0.146 e. The fourth-order valence-corrected chi connectivity index (χ4v) is 0.964. The molecule has 0 saturated carbocycles. The van der Waals surface area contributed by atoms with Crippen molar-refractivity contribution < 1.29 is 0 Å². The fraction of sp³-hybridized carbons (Fsp3) is 0.250. The van der Waals surface area contributed by atoms with Gasteiger partial charge in [-0.05, 0) is 15.9 Å². The van der Waals surface area contributed by atoms with Gasteiger partial charge < -0.3 is 5.73 Å². The van der Waals surface area contributed by atoms with Gasteiger partial charge in [-0.15, -0.1) is 12.4 Å². The van der Waals surface area contributed by atoms with Crippen LogP contribution in [0.1, 0.15) is 5.69 Å². The minimum absolute atomic E-state index is 0. The summed E-state index contributed by atoms with van der Waals surface area (Å²) in [5.74, 6) is 0. The Morgan fingerprint density at radius 3 is 2.50 bits per heavy atom. The van der Waals surface area contributed by atoms with Crippen molar-refractivity contribution in [1.82, 2.24) is 10.2 Å². The molecular formula is C4H6BrCl2N3. The zero-order valence-electron chi connectivity index (χ0n) is 4.90. The van der Waals surface area contributed by atoms with E-state index in [-0.39, 0.29) is 12.4 Å². The Morgan fingerprint density at radius 1 is 1.70 bits per heavy atom. The van der Waals surface area contributed by atoms with Crippen molar-refractivity contribution in [1.29, 1.82) is 0 Å². The molecule has 0 fully saturated rings. The van der Waals surface area contributed by atoms with Gasteiger partial charge >= 0.3 is 0 Å². The molecule has 10 heavy (non-hydrogen) atoms. The standard InChI is InChI=1S/C4H5BrClN3.ClH/c5-4-3(6)2(1-7)8-9-4;/h1,7H2,(H,8,9);1H. The minimum atomic E-state index is 0. The van der Waals surface area contributed by atoms with Crippen LogP contribution in [-0.2, 0) is 6.54 Å². The average Bonchev–Trinajstić information content (AvgIpc) is 2.15. The van der Waals surface area contributed by atoms with Gasteiger partial charge in [0.1, 0.15) is 4.60 Å². The topological polar surface area (TPSA) is 54.7 Å². The first-order chi connectivity index (χ1) is 4.25. The van der Waals surface area contributed by atoms with Crippen LogP contribution >= 0.6 is 39.9 Å². The molecule has 1 heterocycles. The summed E-state index contributed by atoms with van der Waals surface area (Å²) < 4.78 is 0.615. The molecule has 1 aromatic rings. The van der Waals surface area contributed by atoms with Crippen molar-refractivity contribution in [3.05, 3.63) is 15.3 Å². The lowest BCUT2D eigenvalue weighted by atomic mass is 10.4. The van der Waals surface area contributed by atoms with Gasteiger partial charge in [0.05, 0.1) is 10.7 Å². The van der Waals surface area contributed by atoms with Crippen LogP contribution in [0.3, 0.4) is 0 Å². The largest absolute Gasteiger partial charge is 0.325 e. The molecule has 0 aliphatic rings. The van der Waals surface area contributed by atoms with E-state index in [0.29, 0.717) is 16.2 Å². The van der Waals surface area contributed by atoms with Crippen LogP contribution in [-0.4, -0.2) is 10.2 Å². The first-order valence-electron chi connectivity index (χ1n) is 2.34. The summed E-state index contributed by atoms with van der Waals surface area (Å²) in [6.07, 6.45) is 0. The van der Waals surface area contributed by atoms with Gasteiger partial charge in [-0.2, -0.15) is 5.10 Å². The number of hydrogen-bond donors (Lipinski definition) is 2. The lowest BCUT2D eigenvalue weighted by molar-refractivity contribution is 0.943. The zero-order valence-corrected chi connectivity index (χ0v) is 8.05. The van der Waals surface area contributed by atoms with Gasteiger partial charge in [-0.3, -0.25) is 5.10 Å². The molecule has 0 radical (unpaired) electrons. The number of aromatic amines is 1. The molecular weight excluding hydrogens is 241 g/mol. The average molecular weight is 247 g/mol. The van der Waals surface area contributed by atoms with E-state index in [2.05, 4.69) is 26.1 Å². The lowest BCUT2D eigenvalue weighted by Crippen LogP contribution is -1.96. The van der Waals surface area contributed by atoms with Gasteiger partial charge in [0.2, 0.25) is 0 Å². The maximum Gasteiger partial charge on any atom is 0.146 e. The van der Waals surface area contributed by atoms with Crippen LogP contribution in [0.2, 0.25) is 5.02 Å². The van der Waals surface area contributed by atoms with E-state index < -0.39 is 0 Å². The van der Waals surface area contributed by atoms with Gasteiger partial charge in [-0.25, -0.2) is 0 Å². The third-order valence-corrected chi connectivity index (χ3v) is 2.15. The van der Waals surface area contributed by atoms with E-state index in [9.17, 15) is 0 Å². The summed E-state index contributed by atoms with van der Waals surface area (Å²) in [6.45, 7) is 0.386. The number of H-pyrrole nitrogens is 1. The van der Waals surface area contributed by atoms with Crippen LogP contribution in [0.25, 0.3) is 0 Å². The summed E-state index contributed by atoms with van der Waals surface area (Å²) >= 11 is 8.82. The van der Waals surface area contributed by atoms with Gasteiger partial charge in [0, 0.05) is 6.54 Å². The quantitative estimate of drug-likeness (QED) is 0.793. The van der Waals surface area contributed by atoms with E-state index >= 15 is 0 Å². The highest BCUT2D eigenvalue weighted by Gasteiger charge is 2.04. The molecule has 0 aliphatic carbocycles. The van der Waals surface area contributed by atoms with Crippen LogP contribution in [0.5, 0.6) is 0 Å². The highest BCUT2D eigenvalue weighted by molar-refractivity contribution is 9.10. The first-order valence-corrected chi connectivity index (χ1v) is 3.51. The molecule has 58 valence electrons. The fourth-order valence-electron chi connectivity index (χ4n) is 0.474. The molecule has 0 aliphatic heterocycles. The van der Waals surface area contributed by atoms with E-state index in [1.165, 1.54) is 0 Å². The molecule has 1 rings (SSSR count). The zero-order chi connectivity index (χ0) is 6.85. The number of aromatic nitrogens is 2. The summed E-state index contributed by atoms with van der Waals surface area (Å²) in [4.78, 5) is 0. The number of halogens is 3. The Labute approximate surface area is 77.9 Å². The van der Waals surface area contributed by atoms with Crippen LogP contribution in [0, 0.1) is 0 Å². The Morgan fingerprint density at radius 2 is 2.30 bits per heavy atom. The molecule has 0 bridgehead atoms. The molecule has 3 nitrogen and oxygen atoms in total. The highest BCUT2D eigenvalue weighted by atomic mass is 79.9. The van der Waals surface area contributed by atoms with Crippen molar-refractivity contribution in [3.8, 4) is 0 Å². The Hall–Kier alpha value is 0.230. The van der Waals surface area contributed by atoms with Gasteiger partial charge in [0.25, 0.3) is 0 Å². The SMILES string of the molecule is Cl.NCc1[nH]nc(Br)c1Cl. The lowest BCUT2D eigenvalue weighted by Gasteiger charge is -1.86. The van der Waals surface area contributed by atoms with Crippen molar-refractivity contribution in [2.45, 2.75) is 6.54 Å². The Kier molecular flexibility index (Phi) is 4.28. The van der Waals surface area contributed by atoms with Crippen molar-refractivity contribution >= 4 is 39.9 Å². The first kappa shape index (κ1) is 10.2. The molecule has 6 heteroatoms. The molecule has 0 atom stereocenters. The van der Waals surface area contributed by atoms with Crippen molar-refractivity contribution in [3.63, 3.8) is 0 Å². The summed E-state index contributed by atoms with van der Waals surface area (Å²) in [7, 11) is 0. The third kappa shape index (κ3) is 1.85. The van der Waals surface area contributed by atoms with Crippen molar-refractivity contribution in [2.24, 2.45) is 5.73 Å². The van der Waals surface area contributed by atoms with E-state index in [1.54, 1.807) is 0 Å². The Balaban J connectivity index is 0.000000810. The molecule has 1 aromatic heterocycles. The summed E-state index contributed by atoms with van der Waals surface area (Å²) in [5, 5.41) is 7.00. The van der Waals surface area contributed by atoms with E-state index in [4.69, 9.17) is 17.3 Å². The second kappa shape index (κ2) is 4.18. The number of hydrogen-bond acceptors (Lipinski definition) is 2. The molecule has 0 amide bonds. The van der Waals surface area contributed by atoms with Crippen LogP contribution in [0.15, 0.2) is 4.60 Å².